The Bertz CT molecular complexity index is 3880. The average Bonchev–Trinajstić information content (AvgIpc) is 0.831. The summed E-state index contributed by atoms with van der Waals surface area (Å²) in [7, 11) is 3.35. The number of ether oxygens (including phenoxy) is 2. The molecule has 7 heterocycles. The highest BCUT2D eigenvalue weighted by Gasteiger charge is 2.37. The van der Waals surface area contributed by atoms with E-state index in [1.165, 1.54) is 46.5 Å². The van der Waals surface area contributed by atoms with Crippen molar-refractivity contribution < 1.29 is 46.5 Å². The van der Waals surface area contributed by atoms with Gasteiger partial charge < -0.3 is 55.0 Å². The van der Waals surface area contributed by atoms with Crippen molar-refractivity contribution in [1.29, 1.82) is 0 Å². The Morgan fingerprint density at radius 2 is 1.49 bits per heavy atom. The number of aromatic carboxylic acids is 1. The Labute approximate surface area is 511 Å². The molecule has 88 heavy (non-hydrogen) atoms. The van der Waals surface area contributed by atoms with Gasteiger partial charge in [-0.1, -0.05) is 43.7 Å². The number of nitrogens with zero attached hydrogens (tertiary/aromatic N) is 4. The van der Waals surface area contributed by atoms with Gasteiger partial charge in [-0.3, -0.25) is 9.59 Å². The van der Waals surface area contributed by atoms with E-state index in [-0.39, 0.29) is 36.2 Å². The van der Waals surface area contributed by atoms with Crippen molar-refractivity contribution in [3.63, 3.8) is 0 Å². The number of unbranched alkanes of at least 4 members (excludes halogenated alkanes) is 5. The number of hydrogen-bond acceptors (Lipinski definition) is 10. The molecule has 6 aliphatic rings. The lowest BCUT2D eigenvalue weighted by molar-refractivity contribution is -0.255. The number of methoxy groups -OCH3 is 1. The summed E-state index contributed by atoms with van der Waals surface area (Å²) in [4.78, 5) is 44.9. The zero-order chi connectivity index (χ0) is 61.1. The van der Waals surface area contributed by atoms with E-state index in [1.807, 2.05) is 11.9 Å². The zero-order valence-corrected chi connectivity index (χ0v) is 50.4. The number of carboxylic acids is 1. The highest BCUT2D eigenvalue weighted by atomic mass is 19.4. The third-order valence-corrected chi connectivity index (χ3v) is 18.5. The van der Waals surface area contributed by atoms with E-state index in [1.54, 1.807) is 54.6 Å². The number of aromatic nitrogens is 1. The van der Waals surface area contributed by atoms with Crippen molar-refractivity contribution in [3.8, 4) is 29.1 Å². The minimum absolute atomic E-state index is 0.0496. The highest BCUT2D eigenvalue weighted by Crippen LogP contribution is 2.49. The largest absolute Gasteiger partial charge is 0.545 e. The fraction of sp³-hybridized carbons (Fsp3) is 0.457. The number of piperidine rings is 1. The molecule has 0 saturated carbocycles. The maximum atomic E-state index is 15.0. The summed E-state index contributed by atoms with van der Waals surface area (Å²) in [5.74, 6) is 6.10. The summed E-state index contributed by atoms with van der Waals surface area (Å²) < 4.78 is 73.1. The number of likely N-dealkylation sites (tertiary alicyclic amines) is 1. The zero-order valence-electron chi connectivity index (χ0n) is 50.4. The number of carbonyl (C=O) groups excluding carboxylic acids is 3. The fourth-order valence-corrected chi connectivity index (χ4v) is 14.3. The van der Waals surface area contributed by atoms with Crippen LogP contribution in [0.15, 0.2) is 72.8 Å². The summed E-state index contributed by atoms with van der Waals surface area (Å²) in [5.41, 5.74) is 10.9. The van der Waals surface area contributed by atoms with E-state index < -0.39 is 30.9 Å². The molecule has 0 bridgehead atoms. The number of amides is 2. The summed E-state index contributed by atoms with van der Waals surface area (Å²) in [6, 6.07) is 20.6. The number of alkyl halides is 4. The first-order valence-corrected chi connectivity index (χ1v) is 31.8. The molecule has 0 spiro atoms. The van der Waals surface area contributed by atoms with Crippen molar-refractivity contribution in [3.05, 3.63) is 139 Å². The number of halogens is 4. The number of carbonyl (C=O) groups is 3. The van der Waals surface area contributed by atoms with Crippen LogP contribution in [-0.2, 0) is 32.2 Å². The predicted octanol–water partition coefficient (Wildman–Crippen LogP) is 9.21. The summed E-state index contributed by atoms with van der Waals surface area (Å²) in [5, 5.41) is 28.4. The van der Waals surface area contributed by atoms with Gasteiger partial charge in [0, 0.05) is 113 Å². The second-order valence-electron chi connectivity index (χ2n) is 24.6. The Kier molecular flexibility index (Phi) is 18.0. The molecule has 1 saturated heterocycles. The van der Waals surface area contributed by atoms with Crippen LogP contribution >= 0.6 is 0 Å². The third kappa shape index (κ3) is 12.8. The summed E-state index contributed by atoms with van der Waals surface area (Å²) in [6.07, 6.45) is 10.2. The van der Waals surface area contributed by atoms with Gasteiger partial charge in [-0.2, -0.15) is 13.2 Å². The lowest BCUT2D eigenvalue weighted by atomic mass is 9.82. The molecule has 4 N–H and O–H groups in total. The van der Waals surface area contributed by atoms with Crippen molar-refractivity contribution in [2.75, 3.05) is 88.6 Å². The van der Waals surface area contributed by atoms with E-state index in [4.69, 9.17) is 9.47 Å². The van der Waals surface area contributed by atoms with Crippen LogP contribution in [0, 0.1) is 11.8 Å². The lowest BCUT2D eigenvalue weighted by Crippen LogP contribution is -2.46. The Balaban J connectivity index is 0.640. The van der Waals surface area contributed by atoms with Crippen LogP contribution < -0.4 is 55.9 Å². The van der Waals surface area contributed by atoms with Crippen LogP contribution in [0.2, 0.25) is 0 Å². The Morgan fingerprint density at radius 1 is 0.761 bits per heavy atom. The molecule has 0 aliphatic carbocycles. The van der Waals surface area contributed by atoms with Gasteiger partial charge in [-0.25, -0.2) is 8.97 Å². The predicted molar refractivity (Wildman–Crippen MR) is 333 cm³/mol. The van der Waals surface area contributed by atoms with Gasteiger partial charge in [0.15, 0.2) is 0 Å². The molecule has 2 amide bonds. The molecule has 0 radical (unpaired) electrons. The SMILES string of the molecule is COc1cc(C(=O)NCCCCCCCCNC(=O)c2ccc(C(=O)[O-])c(C3=c4cc5c6c(c4Oc4c3cc3c7c4CCCN7CCCC3)CCC[N+]=6CCCC5)c2)ccc1NCC#Cc1cc2c(N[C@@H]3CCN(C)C[C@@H]3F)cccc2n1CC(F)(F)F. The topological polar surface area (TPSA) is 155 Å². The van der Waals surface area contributed by atoms with E-state index in [0.29, 0.717) is 70.8 Å². The van der Waals surface area contributed by atoms with Crippen LogP contribution in [0.25, 0.3) is 16.5 Å². The average molecular weight is 1200 g/mol. The fourth-order valence-electron chi connectivity index (χ4n) is 14.3. The van der Waals surface area contributed by atoms with E-state index in [9.17, 15) is 37.1 Å². The van der Waals surface area contributed by atoms with Gasteiger partial charge >= 0.3 is 6.18 Å². The quantitative estimate of drug-likeness (QED) is 0.0267. The first kappa shape index (κ1) is 60.3. The number of carboxylic acid groups (broad SMARTS) is 1. The molecule has 462 valence electrons. The standard InChI is InChI=1S/C70H78F4N8O6/c1-79-36-28-58(56(71)42-79)78-57-22-13-23-60-53(57)41-48(82(60)43-70(72,73)74)19-14-31-75-59-27-25-47(40-61(59)87-2)68(84)77-30-10-6-4-3-5-9-29-76-67(83)46-24-26-49(69(85)86)52(39-46)62-54-37-44-17-7-11-32-80-34-15-20-50(63(44)80)65(54)88-66-51-21-16-35-81-33-12-8-18-45(64(51)81)38-55(62)66/h13,22-27,37-41,56,58,78H,3-12,15-18,20-21,28-36,42-43H2,1-2H3,(H3-,75,76,77,83,84,85,86)/t56-,58+/m0/s1. The molecule has 14 nitrogen and oxygen atoms in total. The minimum atomic E-state index is -4.50. The van der Waals surface area contributed by atoms with Crippen molar-refractivity contribution in [2.45, 2.75) is 134 Å². The molecule has 1 aromatic heterocycles. The number of nitrogens with one attached hydrogen (secondary N) is 4. The van der Waals surface area contributed by atoms with E-state index in [2.05, 4.69) is 54.7 Å². The molecule has 5 aromatic carbocycles. The van der Waals surface area contributed by atoms with Gasteiger partial charge in [0.2, 0.25) is 5.36 Å². The maximum Gasteiger partial charge on any atom is 0.406 e. The highest BCUT2D eigenvalue weighted by molar-refractivity contribution is 6.02. The molecule has 0 unspecified atom stereocenters. The van der Waals surface area contributed by atoms with Crippen LogP contribution in [-0.4, -0.2) is 119 Å². The van der Waals surface area contributed by atoms with Gasteiger partial charge in [0.05, 0.1) is 48.1 Å². The first-order valence-electron chi connectivity index (χ1n) is 31.8. The molecule has 6 aliphatic heterocycles. The summed E-state index contributed by atoms with van der Waals surface area (Å²) >= 11 is 0. The number of fused-ring (bicyclic) bond motifs is 5. The molecule has 1 fully saturated rings. The molecular formula is C70H78F4N8O6. The number of rotatable bonds is 19. The molecule has 6 aromatic rings. The third-order valence-electron chi connectivity index (χ3n) is 18.5. The summed E-state index contributed by atoms with van der Waals surface area (Å²) in [6.45, 7) is 4.82. The second kappa shape index (κ2) is 26.3. The van der Waals surface area contributed by atoms with Gasteiger partial charge in [0.25, 0.3) is 11.8 Å². The molecule has 12 rings (SSSR count). The van der Waals surface area contributed by atoms with Crippen molar-refractivity contribution in [1.82, 2.24) is 24.7 Å². The molecule has 2 atom stereocenters. The van der Waals surface area contributed by atoms with Crippen LogP contribution in [0.1, 0.15) is 154 Å². The smallest absolute Gasteiger partial charge is 0.406 e. The normalized spacial score (nSPS) is 17.9. The van der Waals surface area contributed by atoms with E-state index >= 15 is 0 Å². The number of hydrogen-bond donors (Lipinski definition) is 4. The van der Waals surface area contributed by atoms with Crippen molar-refractivity contribution in [2.24, 2.45) is 0 Å². The second-order valence-corrected chi connectivity index (χ2v) is 24.6. The minimum Gasteiger partial charge on any atom is -0.545 e. The maximum absolute atomic E-state index is 15.0. The van der Waals surface area contributed by atoms with Crippen LogP contribution in [0.4, 0.5) is 34.6 Å². The van der Waals surface area contributed by atoms with Gasteiger partial charge in [0.1, 0.15) is 43.1 Å². The molecular weight excluding hydrogens is 1120 g/mol. The van der Waals surface area contributed by atoms with Gasteiger partial charge in [-0.15, -0.1) is 0 Å². The molecule has 18 heteroatoms. The van der Waals surface area contributed by atoms with Crippen molar-refractivity contribution >= 4 is 51.3 Å². The number of aryl methyl sites for hydroxylation is 2. The monoisotopic (exact) mass is 1200 g/mol. The lowest BCUT2D eigenvalue weighted by Gasteiger charge is -2.36. The first-order chi connectivity index (χ1) is 42.7. The van der Waals surface area contributed by atoms with E-state index in [0.717, 1.165) is 161 Å². The number of benzene rings is 5. The number of anilines is 3. The van der Waals surface area contributed by atoms with Crippen LogP contribution in [0.5, 0.6) is 17.2 Å². The van der Waals surface area contributed by atoms with Gasteiger partial charge in [-0.05, 0) is 155 Å². The van der Waals surface area contributed by atoms with Crippen LogP contribution in [0.3, 0.4) is 0 Å². The Hall–Kier alpha value is -8.04. The Morgan fingerprint density at radius 3 is 2.26 bits per heavy atom.